The molecule has 1 aliphatic rings. The smallest absolute Gasteiger partial charge is 0.325 e. The molecule has 2 aromatic rings. The van der Waals surface area contributed by atoms with Crippen molar-refractivity contribution in [2.75, 3.05) is 13.2 Å². The number of aliphatic hydroxyl groups is 1. The molecule has 1 heterocycles. The molecular weight excluding hydrogens is 375 g/mol. The van der Waals surface area contributed by atoms with Crippen molar-refractivity contribution >= 4 is 11.9 Å². The number of ether oxygens (including phenoxy) is 1. The van der Waals surface area contributed by atoms with Crippen LogP contribution in [0, 0.1) is 5.82 Å². The van der Waals surface area contributed by atoms with E-state index >= 15 is 0 Å². The Morgan fingerprint density at radius 3 is 2.45 bits per heavy atom. The molecule has 2 unspecified atom stereocenters. The first-order valence-electron chi connectivity index (χ1n) is 9.52. The van der Waals surface area contributed by atoms with E-state index in [4.69, 9.17) is 4.74 Å². The Bertz CT molecular complexity index is 900. The maximum atomic E-state index is 13.2. The van der Waals surface area contributed by atoms with Gasteiger partial charge in [-0.05, 0) is 42.2 Å². The summed E-state index contributed by atoms with van der Waals surface area (Å²) < 4.78 is 18.9. The molecule has 0 saturated carbocycles. The van der Waals surface area contributed by atoms with E-state index in [0.29, 0.717) is 11.3 Å². The van der Waals surface area contributed by atoms with Crippen molar-refractivity contribution in [1.82, 2.24) is 10.2 Å². The monoisotopic (exact) mass is 400 g/mol. The first kappa shape index (κ1) is 20.8. The van der Waals surface area contributed by atoms with Gasteiger partial charge >= 0.3 is 6.03 Å². The number of benzene rings is 2. The lowest BCUT2D eigenvalue weighted by Crippen LogP contribution is -2.42. The van der Waals surface area contributed by atoms with Crippen molar-refractivity contribution in [2.24, 2.45) is 0 Å². The Kier molecular flexibility index (Phi) is 5.88. The minimum atomic E-state index is -1.31. The molecule has 7 heteroatoms. The average molecular weight is 400 g/mol. The van der Waals surface area contributed by atoms with Crippen molar-refractivity contribution in [1.29, 1.82) is 0 Å². The molecule has 0 aromatic heterocycles. The Balaban J connectivity index is 1.66. The highest BCUT2D eigenvalue weighted by atomic mass is 19.1. The van der Waals surface area contributed by atoms with Crippen LogP contribution in [0.25, 0.3) is 0 Å². The normalized spacial score (nSPS) is 20.1. The molecule has 0 aliphatic carbocycles. The molecule has 1 saturated heterocycles. The molecule has 3 rings (SSSR count). The highest BCUT2D eigenvalue weighted by molar-refractivity contribution is 6.07. The molecule has 1 aliphatic heterocycles. The van der Waals surface area contributed by atoms with Crippen LogP contribution in [-0.4, -0.2) is 41.2 Å². The van der Waals surface area contributed by atoms with Crippen LogP contribution in [0.4, 0.5) is 9.18 Å². The summed E-state index contributed by atoms with van der Waals surface area (Å²) in [4.78, 5) is 26.2. The Morgan fingerprint density at radius 1 is 1.14 bits per heavy atom. The molecule has 2 atom stereocenters. The van der Waals surface area contributed by atoms with Crippen molar-refractivity contribution in [3.8, 4) is 5.75 Å². The lowest BCUT2D eigenvalue weighted by atomic mass is 9.92. The molecule has 0 bridgehead atoms. The van der Waals surface area contributed by atoms with Crippen molar-refractivity contribution in [3.05, 3.63) is 65.5 Å². The summed E-state index contributed by atoms with van der Waals surface area (Å²) >= 11 is 0. The van der Waals surface area contributed by atoms with E-state index in [1.807, 2.05) is 38.1 Å². The fourth-order valence-electron chi connectivity index (χ4n) is 3.38. The maximum Gasteiger partial charge on any atom is 0.325 e. The summed E-state index contributed by atoms with van der Waals surface area (Å²) in [5, 5.41) is 13.0. The van der Waals surface area contributed by atoms with E-state index in [1.54, 1.807) is 6.92 Å². The Hall–Kier alpha value is -2.93. The van der Waals surface area contributed by atoms with Crippen LogP contribution in [0.15, 0.2) is 48.5 Å². The standard InChI is InChI=1S/C22H25FN2O4/c1-14(2)18-6-4-5-7-19(18)29-13-17(26)12-25-20(27)22(3,24-21(25)28)15-8-10-16(23)11-9-15/h4-11,14,17,26H,12-13H2,1-3H3,(H,24,28). The number of nitrogens with zero attached hydrogens (tertiary/aromatic N) is 1. The van der Waals surface area contributed by atoms with E-state index in [-0.39, 0.29) is 19.1 Å². The Morgan fingerprint density at radius 2 is 1.79 bits per heavy atom. The molecule has 3 amide bonds. The Labute approximate surface area is 169 Å². The second kappa shape index (κ2) is 8.21. The van der Waals surface area contributed by atoms with Gasteiger partial charge in [0.1, 0.15) is 29.8 Å². The SMILES string of the molecule is CC(C)c1ccccc1OCC(O)CN1C(=O)NC(C)(c2ccc(F)cc2)C1=O. The minimum absolute atomic E-state index is 0.0615. The summed E-state index contributed by atoms with van der Waals surface area (Å²) in [6, 6.07) is 12.3. The maximum absolute atomic E-state index is 13.2. The average Bonchev–Trinajstić information content (AvgIpc) is 2.91. The predicted octanol–water partition coefficient (Wildman–Crippen LogP) is 3.16. The van der Waals surface area contributed by atoms with Gasteiger partial charge in [-0.25, -0.2) is 9.18 Å². The summed E-state index contributed by atoms with van der Waals surface area (Å²) in [7, 11) is 0. The molecule has 2 N–H and O–H groups in total. The molecule has 154 valence electrons. The van der Waals surface area contributed by atoms with Crippen molar-refractivity contribution < 1.29 is 23.8 Å². The number of hydrogen-bond donors (Lipinski definition) is 2. The zero-order chi connectivity index (χ0) is 21.2. The van der Waals surface area contributed by atoms with Crippen LogP contribution in [-0.2, 0) is 10.3 Å². The minimum Gasteiger partial charge on any atom is -0.491 e. The van der Waals surface area contributed by atoms with Crippen molar-refractivity contribution in [3.63, 3.8) is 0 Å². The number of aliphatic hydroxyl groups excluding tert-OH is 1. The van der Waals surface area contributed by atoms with Gasteiger partial charge in [0.2, 0.25) is 0 Å². The number of carbonyl (C=O) groups is 2. The van der Waals surface area contributed by atoms with E-state index in [1.165, 1.54) is 24.3 Å². The first-order chi connectivity index (χ1) is 13.7. The van der Waals surface area contributed by atoms with E-state index < -0.39 is 29.4 Å². The summed E-state index contributed by atoms with van der Waals surface area (Å²) in [5.74, 6) is -0.0171. The van der Waals surface area contributed by atoms with Gasteiger partial charge in [0.05, 0.1) is 6.54 Å². The van der Waals surface area contributed by atoms with Gasteiger partial charge in [-0.15, -0.1) is 0 Å². The fraction of sp³-hybridized carbons (Fsp3) is 0.364. The molecule has 2 aromatic carbocycles. The van der Waals surface area contributed by atoms with Crippen LogP contribution in [0.3, 0.4) is 0 Å². The lowest BCUT2D eigenvalue weighted by Gasteiger charge is -2.23. The van der Waals surface area contributed by atoms with Crippen LogP contribution in [0.1, 0.15) is 37.8 Å². The van der Waals surface area contributed by atoms with Crippen LogP contribution in [0.5, 0.6) is 5.75 Å². The number of urea groups is 1. The third kappa shape index (κ3) is 4.24. The molecular formula is C22H25FN2O4. The topological polar surface area (TPSA) is 78.9 Å². The van der Waals surface area contributed by atoms with E-state index in [9.17, 15) is 19.1 Å². The highest BCUT2D eigenvalue weighted by Crippen LogP contribution is 2.29. The number of nitrogens with one attached hydrogen (secondary N) is 1. The third-order valence-corrected chi connectivity index (χ3v) is 5.06. The summed E-state index contributed by atoms with van der Waals surface area (Å²) in [6.45, 7) is 5.38. The van der Waals surface area contributed by atoms with Gasteiger partial charge < -0.3 is 15.2 Å². The number of amides is 3. The second-order valence-corrected chi connectivity index (χ2v) is 7.64. The fourth-order valence-corrected chi connectivity index (χ4v) is 3.38. The van der Waals surface area contributed by atoms with E-state index in [0.717, 1.165) is 10.5 Å². The summed E-state index contributed by atoms with van der Waals surface area (Å²) in [5.41, 5.74) is 0.171. The predicted molar refractivity (Wildman–Crippen MR) is 106 cm³/mol. The zero-order valence-electron chi connectivity index (χ0n) is 16.7. The second-order valence-electron chi connectivity index (χ2n) is 7.64. The number of carbonyl (C=O) groups excluding carboxylic acids is 2. The van der Waals surface area contributed by atoms with Crippen LogP contribution < -0.4 is 10.1 Å². The third-order valence-electron chi connectivity index (χ3n) is 5.06. The van der Waals surface area contributed by atoms with Gasteiger partial charge in [-0.2, -0.15) is 0 Å². The van der Waals surface area contributed by atoms with E-state index in [2.05, 4.69) is 5.32 Å². The summed E-state index contributed by atoms with van der Waals surface area (Å²) in [6.07, 6.45) is -1.06. The number of β-amino-alcohol motifs (C(OH)–C–C–N with tert-alkyl or cyclic N) is 1. The largest absolute Gasteiger partial charge is 0.491 e. The molecule has 6 nitrogen and oxygen atoms in total. The molecule has 1 fully saturated rings. The zero-order valence-corrected chi connectivity index (χ0v) is 16.7. The molecule has 0 spiro atoms. The van der Waals surface area contributed by atoms with Gasteiger partial charge in [0.25, 0.3) is 5.91 Å². The molecule has 29 heavy (non-hydrogen) atoms. The van der Waals surface area contributed by atoms with Gasteiger partial charge in [0, 0.05) is 0 Å². The number of rotatable bonds is 7. The molecule has 0 radical (unpaired) electrons. The number of halogens is 1. The number of imide groups is 1. The number of hydrogen-bond acceptors (Lipinski definition) is 4. The van der Waals surface area contributed by atoms with Crippen molar-refractivity contribution in [2.45, 2.75) is 38.3 Å². The highest BCUT2D eigenvalue weighted by Gasteiger charge is 2.49. The number of para-hydroxylation sites is 1. The quantitative estimate of drug-likeness (QED) is 0.700. The first-order valence-corrected chi connectivity index (χ1v) is 9.52. The van der Waals surface area contributed by atoms with Gasteiger partial charge in [-0.3, -0.25) is 9.69 Å². The lowest BCUT2D eigenvalue weighted by molar-refractivity contribution is -0.132. The van der Waals surface area contributed by atoms with Gasteiger partial charge in [0.15, 0.2) is 0 Å². The van der Waals surface area contributed by atoms with Crippen LogP contribution >= 0.6 is 0 Å². The van der Waals surface area contributed by atoms with Gasteiger partial charge in [-0.1, -0.05) is 44.2 Å². The van der Waals surface area contributed by atoms with Crippen LogP contribution in [0.2, 0.25) is 0 Å².